The number of nitrogens with zero attached hydrogens (tertiary/aromatic N) is 2. The highest BCUT2D eigenvalue weighted by Crippen LogP contribution is 2.26. The fourth-order valence-electron chi connectivity index (χ4n) is 3.56. The monoisotopic (exact) mass is 326 g/mol. The first-order valence-corrected chi connectivity index (χ1v) is 8.08. The van der Waals surface area contributed by atoms with Gasteiger partial charge < -0.3 is 4.90 Å². The fourth-order valence-corrected chi connectivity index (χ4v) is 3.56. The van der Waals surface area contributed by atoms with Crippen LogP contribution in [0.4, 0.5) is 13.2 Å². The van der Waals surface area contributed by atoms with Gasteiger partial charge in [-0.15, -0.1) is 0 Å². The Morgan fingerprint density at radius 2 is 1.91 bits per heavy atom. The van der Waals surface area contributed by atoms with Gasteiger partial charge in [-0.05, 0) is 31.0 Å². The van der Waals surface area contributed by atoms with Crippen LogP contribution in [0.1, 0.15) is 24.8 Å². The molecule has 0 saturated carbocycles. The minimum absolute atomic E-state index is 0.0438. The smallest absolute Gasteiger partial charge is 0.223 e. The number of carbonyl (C=O) groups is 1. The Balaban J connectivity index is 1.54. The molecule has 3 nitrogen and oxygen atoms in total. The molecule has 2 saturated heterocycles. The van der Waals surface area contributed by atoms with Crippen LogP contribution < -0.4 is 0 Å². The molecule has 1 amide bonds. The quantitative estimate of drug-likeness (QED) is 0.849. The van der Waals surface area contributed by atoms with E-state index in [0.717, 1.165) is 38.1 Å². The van der Waals surface area contributed by atoms with Crippen molar-refractivity contribution in [3.05, 3.63) is 35.4 Å². The van der Waals surface area contributed by atoms with Crippen LogP contribution in [0.25, 0.3) is 0 Å². The molecule has 3 rings (SSSR count). The molecule has 2 aliphatic heterocycles. The lowest BCUT2D eigenvalue weighted by molar-refractivity contribution is -0.130. The maximum absolute atomic E-state index is 13.7. The van der Waals surface area contributed by atoms with Crippen LogP contribution in [-0.4, -0.2) is 48.1 Å². The van der Waals surface area contributed by atoms with Gasteiger partial charge in [0.05, 0.1) is 6.67 Å². The molecule has 1 unspecified atom stereocenters. The number of benzene rings is 1. The molecule has 6 heteroatoms. The molecule has 0 aromatic heterocycles. The predicted molar refractivity (Wildman–Crippen MR) is 80.5 cm³/mol. The molecule has 0 N–H and O–H groups in total. The van der Waals surface area contributed by atoms with Crippen molar-refractivity contribution in [1.29, 1.82) is 0 Å². The molecule has 1 aromatic carbocycles. The average Bonchev–Trinajstić information content (AvgIpc) is 2.93. The fraction of sp³-hybridized carbons (Fsp3) is 0.588. The van der Waals surface area contributed by atoms with Crippen LogP contribution in [-0.2, 0) is 11.3 Å². The Kier molecular flexibility index (Phi) is 4.90. The van der Waals surface area contributed by atoms with Gasteiger partial charge in [0.15, 0.2) is 0 Å². The highest BCUT2D eigenvalue weighted by Gasteiger charge is 2.35. The zero-order chi connectivity index (χ0) is 16.4. The van der Waals surface area contributed by atoms with Crippen molar-refractivity contribution in [1.82, 2.24) is 9.80 Å². The molecular formula is C17H21F3N2O. The van der Waals surface area contributed by atoms with E-state index in [1.54, 1.807) is 0 Å². The Labute approximate surface area is 134 Å². The Morgan fingerprint density at radius 1 is 1.17 bits per heavy atom. The summed E-state index contributed by atoms with van der Waals surface area (Å²) in [7, 11) is 0. The topological polar surface area (TPSA) is 23.6 Å². The molecule has 2 heterocycles. The van der Waals surface area contributed by atoms with E-state index < -0.39 is 18.3 Å². The number of rotatable bonds is 4. The van der Waals surface area contributed by atoms with Gasteiger partial charge in [0, 0.05) is 50.1 Å². The maximum Gasteiger partial charge on any atom is 0.223 e. The van der Waals surface area contributed by atoms with Gasteiger partial charge in [0.25, 0.3) is 0 Å². The molecule has 0 aliphatic carbocycles. The van der Waals surface area contributed by atoms with Crippen LogP contribution in [0, 0.1) is 17.6 Å². The molecule has 1 aromatic rings. The summed E-state index contributed by atoms with van der Waals surface area (Å²) in [6.07, 6.45) is 1.90. The molecule has 1 atom stereocenters. The summed E-state index contributed by atoms with van der Waals surface area (Å²) in [6, 6.07) is 3.65. The van der Waals surface area contributed by atoms with E-state index in [4.69, 9.17) is 0 Å². The lowest BCUT2D eigenvalue weighted by Gasteiger charge is -2.37. The first kappa shape index (κ1) is 16.3. The molecule has 0 radical (unpaired) electrons. The van der Waals surface area contributed by atoms with Crippen LogP contribution >= 0.6 is 0 Å². The van der Waals surface area contributed by atoms with Crippen LogP contribution in [0.5, 0.6) is 0 Å². The SMILES string of the molecule is O=C1CC(CF)CN1C1CCN(Cc2cc(F)ccc2F)CC1. The molecule has 2 aliphatic rings. The van der Waals surface area contributed by atoms with E-state index in [1.807, 2.05) is 4.90 Å². The molecule has 0 bridgehead atoms. The van der Waals surface area contributed by atoms with Crippen LogP contribution in [0.3, 0.4) is 0 Å². The van der Waals surface area contributed by atoms with E-state index in [0.29, 0.717) is 25.1 Å². The van der Waals surface area contributed by atoms with Crippen LogP contribution in [0.2, 0.25) is 0 Å². The first-order chi connectivity index (χ1) is 11.1. The number of piperidine rings is 1. The van der Waals surface area contributed by atoms with Gasteiger partial charge in [-0.1, -0.05) is 0 Å². The molecule has 126 valence electrons. The normalized spacial score (nSPS) is 23.7. The largest absolute Gasteiger partial charge is 0.339 e. The maximum atomic E-state index is 13.7. The standard InChI is InChI=1S/C17H21F3N2O/c18-9-12-7-17(23)22(10-12)15-3-5-21(6-4-15)11-13-8-14(19)1-2-16(13)20/h1-2,8,12,15H,3-7,9-11H2. The van der Waals surface area contributed by atoms with Crippen molar-refractivity contribution in [2.24, 2.45) is 5.92 Å². The number of carbonyl (C=O) groups excluding carboxylic acids is 1. The number of hydrogen-bond donors (Lipinski definition) is 0. The average molecular weight is 326 g/mol. The Hall–Kier alpha value is -1.56. The van der Waals surface area contributed by atoms with E-state index >= 15 is 0 Å². The van der Waals surface area contributed by atoms with Crippen molar-refractivity contribution in [3.8, 4) is 0 Å². The van der Waals surface area contributed by atoms with Crippen molar-refractivity contribution >= 4 is 5.91 Å². The highest BCUT2D eigenvalue weighted by atomic mass is 19.1. The second kappa shape index (κ2) is 6.91. The van der Waals surface area contributed by atoms with E-state index in [2.05, 4.69) is 4.90 Å². The van der Waals surface area contributed by atoms with E-state index in [-0.39, 0.29) is 17.9 Å². The third-order valence-corrected chi connectivity index (χ3v) is 4.86. The number of alkyl halides is 1. The van der Waals surface area contributed by atoms with Crippen molar-refractivity contribution in [2.75, 3.05) is 26.3 Å². The third kappa shape index (κ3) is 3.68. The summed E-state index contributed by atoms with van der Waals surface area (Å²) < 4.78 is 39.7. The summed E-state index contributed by atoms with van der Waals surface area (Å²) in [5.74, 6) is -0.950. The Morgan fingerprint density at radius 3 is 2.57 bits per heavy atom. The summed E-state index contributed by atoms with van der Waals surface area (Å²) in [4.78, 5) is 15.8. The van der Waals surface area contributed by atoms with Crippen molar-refractivity contribution in [2.45, 2.75) is 31.8 Å². The van der Waals surface area contributed by atoms with E-state index in [1.165, 1.54) is 6.07 Å². The highest BCUT2D eigenvalue weighted by molar-refractivity contribution is 5.79. The number of hydrogen-bond acceptors (Lipinski definition) is 2. The molecule has 2 fully saturated rings. The first-order valence-electron chi connectivity index (χ1n) is 8.08. The Bertz CT molecular complexity index is 573. The summed E-state index contributed by atoms with van der Waals surface area (Å²) >= 11 is 0. The minimum atomic E-state index is -0.445. The van der Waals surface area contributed by atoms with Crippen molar-refractivity contribution in [3.63, 3.8) is 0 Å². The van der Waals surface area contributed by atoms with Gasteiger partial charge in [-0.25, -0.2) is 8.78 Å². The van der Waals surface area contributed by atoms with Gasteiger partial charge in [0.1, 0.15) is 11.6 Å². The summed E-state index contributed by atoms with van der Waals surface area (Å²) in [5.41, 5.74) is 0.359. The summed E-state index contributed by atoms with van der Waals surface area (Å²) in [5, 5.41) is 0. The number of likely N-dealkylation sites (tertiary alicyclic amines) is 2. The van der Waals surface area contributed by atoms with Gasteiger partial charge in [-0.2, -0.15) is 0 Å². The van der Waals surface area contributed by atoms with Gasteiger partial charge in [0.2, 0.25) is 5.91 Å². The lowest BCUT2D eigenvalue weighted by Crippen LogP contribution is -2.45. The number of halogens is 3. The molecule has 23 heavy (non-hydrogen) atoms. The van der Waals surface area contributed by atoms with Crippen LogP contribution in [0.15, 0.2) is 18.2 Å². The second-order valence-electron chi connectivity index (χ2n) is 6.51. The second-order valence-corrected chi connectivity index (χ2v) is 6.51. The number of amides is 1. The summed E-state index contributed by atoms with van der Waals surface area (Å²) in [6.45, 7) is 1.89. The zero-order valence-corrected chi connectivity index (χ0v) is 13.0. The minimum Gasteiger partial charge on any atom is -0.339 e. The molecular weight excluding hydrogens is 305 g/mol. The lowest BCUT2D eigenvalue weighted by atomic mass is 10.0. The molecule has 0 spiro atoms. The van der Waals surface area contributed by atoms with Gasteiger partial charge in [-0.3, -0.25) is 14.1 Å². The zero-order valence-electron chi connectivity index (χ0n) is 13.0. The van der Waals surface area contributed by atoms with E-state index in [9.17, 15) is 18.0 Å². The van der Waals surface area contributed by atoms with Gasteiger partial charge >= 0.3 is 0 Å². The third-order valence-electron chi connectivity index (χ3n) is 4.86. The van der Waals surface area contributed by atoms with Crippen molar-refractivity contribution < 1.29 is 18.0 Å². The predicted octanol–water partition coefficient (Wildman–Crippen LogP) is 2.75.